The van der Waals surface area contributed by atoms with Crippen LogP contribution in [-0.4, -0.2) is 31.9 Å². The van der Waals surface area contributed by atoms with Gasteiger partial charge in [0.25, 0.3) is 5.56 Å². The summed E-state index contributed by atoms with van der Waals surface area (Å²) in [5, 5.41) is 3.25. The third-order valence-corrected chi connectivity index (χ3v) is 3.30. The third kappa shape index (κ3) is 2.69. The van der Waals surface area contributed by atoms with Gasteiger partial charge in [-0.15, -0.1) is 0 Å². The number of aryl methyl sites for hydroxylation is 1. The molecule has 1 aromatic carbocycles. The number of aromatic nitrogens is 1. The second-order valence-corrected chi connectivity index (χ2v) is 4.48. The van der Waals surface area contributed by atoms with Crippen molar-refractivity contribution in [1.29, 1.82) is 0 Å². The lowest BCUT2D eigenvalue weighted by Crippen LogP contribution is -2.24. The van der Waals surface area contributed by atoms with Crippen molar-refractivity contribution in [3.05, 3.63) is 28.7 Å². The molecule has 0 unspecified atom stereocenters. The maximum absolute atomic E-state index is 12.4. The molecular weight excluding hydrogens is 288 g/mol. The monoisotopic (exact) mass is 306 g/mol. The Bertz CT molecular complexity index is 767. The number of nitrogens with one attached hydrogen (secondary N) is 1. The molecule has 118 valence electrons. The zero-order valence-electron chi connectivity index (χ0n) is 12.9. The summed E-state index contributed by atoms with van der Waals surface area (Å²) in [6.07, 6.45) is 0.892. The number of amides is 1. The zero-order chi connectivity index (χ0) is 16.3. The summed E-state index contributed by atoms with van der Waals surface area (Å²) in [5.41, 5.74) is -0.192. The molecule has 0 aliphatic carbocycles. The first kappa shape index (κ1) is 15.7. The number of fused-ring (bicyclic) bond motifs is 1. The largest absolute Gasteiger partial charge is 0.493 e. The second-order valence-electron chi connectivity index (χ2n) is 4.48. The number of nitrogens with zero attached hydrogens (tertiary/aromatic N) is 1. The fraction of sp³-hybridized carbons (Fsp3) is 0.333. The van der Waals surface area contributed by atoms with Crippen LogP contribution in [0.2, 0.25) is 0 Å². The van der Waals surface area contributed by atoms with Crippen molar-refractivity contribution in [3.63, 3.8) is 0 Å². The van der Waals surface area contributed by atoms with Gasteiger partial charge in [-0.1, -0.05) is 0 Å². The Kier molecular flexibility index (Phi) is 4.55. The molecule has 7 heteroatoms. The van der Waals surface area contributed by atoms with Gasteiger partial charge in [0.05, 0.1) is 25.8 Å². The summed E-state index contributed by atoms with van der Waals surface area (Å²) in [5.74, 6) is 1.16. The summed E-state index contributed by atoms with van der Waals surface area (Å²) >= 11 is 0. The van der Waals surface area contributed by atoms with Crippen molar-refractivity contribution < 1.29 is 19.0 Å². The zero-order valence-corrected chi connectivity index (χ0v) is 12.9. The number of hydrogen-bond acceptors (Lipinski definition) is 5. The molecule has 22 heavy (non-hydrogen) atoms. The number of benzene rings is 1. The van der Waals surface area contributed by atoms with Gasteiger partial charge in [0.1, 0.15) is 0 Å². The predicted octanol–water partition coefficient (Wildman–Crippen LogP) is 1.76. The van der Waals surface area contributed by atoms with E-state index in [1.165, 1.54) is 32.0 Å². The highest BCUT2D eigenvalue weighted by Crippen LogP contribution is 2.34. The highest BCUT2D eigenvalue weighted by atomic mass is 16.6. The van der Waals surface area contributed by atoms with Crippen LogP contribution in [0.4, 0.5) is 4.79 Å². The minimum atomic E-state index is -0.614. The fourth-order valence-corrected chi connectivity index (χ4v) is 2.15. The van der Waals surface area contributed by atoms with Gasteiger partial charge < -0.3 is 24.1 Å². The van der Waals surface area contributed by atoms with Gasteiger partial charge in [-0.05, 0) is 19.1 Å². The van der Waals surface area contributed by atoms with Crippen LogP contribution in [-0.2, 0) is 6.54 Å². The van der Waals surface area contributed by atoms with Crippen LogP contribution < -0.4 is 25.1 Å². The highest BCUT2D eigenvalue weighted by molar-refractivity contribution is 5.92. The lowest BCUT2D eigenvalue weighted by atomic mass is 10.1. The Morgan fingerprint density at radius 2 is 1.73 bits per heavy atom. The maximum Gasteiger partial charge on any atom is 0.412 e. The number of methoxy groups -OCH3 is 2. The predicted molar refractivity (Wildman–Crippen MR) is 82.1 cm³/mol. The van der Waals surface area contributed by atoms with Crippen LogP contribution in [0.1, 0.15) is 6.92 Å². The molecule has 1 amide bonds. The molecule has 0 radical (unpaired) electrons. The molecule has 7 nitrogen and oxygen atoms in total. The topological polar surface area (TPSA) is 78.8 Å². The summed E-state index contributed by atoms with van der Waals surface area (Å²) in [6.45, 7) is 2.28. The van der Waals surface area contributed by atoms with E-state index in [0.717, 1.165) is 0 Å². The molecule has 0 aliphatic heterocycles. The SMILES string of the molecule is CCn1cc(OC(=O)NC)c2cc(OC)c(OC)cc2c1=O. The quantitative estimate of drug-likeness (QED) is 0.931. The van der Waals surface area contributed by atoms with Crippen molar-refractivity contribution in [3.8, 4) is 17.2 Å². The molecule has 1 heterocycles. The number of ether oxygens (including phenoxy) is 3. The summed E-state index contributed by atoms with van der Waals surface area (Å²) < 4.78 is 17.2. The molecular formula is C15H18N2O5. The van der Waals surface area contributed by atoms with Crippen LogP contribution in [0.15, 0.2) is 23.1 Å². The van der Waals surface area contributed by atoms with E-state index >= 15 is 0 Å². The van der Waals surface area contributed by atoms with Gasteiger partial charge in [0.15, 0.2) is 17.2 Å². The molecule has 2 rings (SSSR count). The lowest BCUT2D eigenvalue weighted by Gasteiger charge is -2.14. The molecule has 0 aliphatic rings. The Hall–Kier alpha value is -2.70. The molecule has 0 spiro atoms. The van der Waals surface area contributed by atoms with E-state index in [2.05, 4.69) is 5.32 Å². The summed E-state index contributed by atoms with van der Waals surface area (Å²) in [6, 6.07) is 3.20. The second kappa shape index (κ2) is 6.38. The molecule has 0 saturated heterocycles. The minimum Gasteiger partial charge on any atom is -0.493 e. The van der Waals surface area contributed by atoms with E-state index in [0.29, 0.717) is 28.8 Å². The lowest BCUT2D eigenvalue weighted by molar-refractivity contribution is 0.203. The van der Waals surface area contributed by atoms with Crippen molar-refractivity contribution >= 4 is 16.9 Å². The van der Waals surface area contributed by atoms with Gasteiger partial charge in [0.2, 0.25) is 0 Å². The minimum absolute atomic E-state index is 0.192. The van der Waals surface area contributed by atoms with E-state index in [-0.39, 0.29) is 11.3 Å². The Balaban J connectivity index is 2.80. The first-order chi connectivity index (χ1) is 10.5. The summed E-state index contributed by atoms with van der Waals surface area (Å²) in [4.78, 5) is 24.0. The summed E-state index contributed by atoms with van der Waals surface area (Å²) in [7, 11) is 4.45. The van der Waals surface area contributed by atoms with Crippen LogP contribution in [0, 0.1) is 0 Å². The van der Waals surface area contributed by atoms with Gasteiger partial charge in [-0.3, -0.25) is 4.79 Å². The molecule has 0 bridgehead atoms. The molecule has 0 saturated carbocycles. The fourth-order valence-electron chi connectivity index (χ4n) is 2.15. The average Bonchev–Trinajstić information content (AvgIpc) is 2.55. The van der Waals surface area contributed by atoms with Crippen molar-refractivity contribution in [2.45, 2.75) is 13.5 Å². The van der Waals surface area contributed by atoms with Crippen LogP contribution in [0.5, 0.6) is 17.2 Å². The van der Waals surface area contributed by atoms with E-state index in [1.807, 2.05) is 6.92 Å². The van der Waals surface area contributed by atoms with E-state index in [4.69, 9.17) is 14.2 Å². The van der Waals surface area contributed by atoms with E-state index < -0.39 is 6.09 Å². The Morgan fingerprint density at radius 1 is 1.14 bits per heavy atom. The van der Waals surface area contributed by atoms with E-state index in [1.54, 1.807) is 12.1 Å². The maximum atomic E-state index is 12.4. The van der Waals surface area contributed by atoms with Crippen molar-refractivity contribution in [2.75, 3.05) is 21.3 Å². The van der Waals surface area contributed by atoms with Crippen LogP contribution in [0.25, 0.3) is 10.8 Å². The first-order valence-corrected chi connectivity index (χ1v) is 6.74. The number of carbonyl (C=O) groups is 1. The van der Waals surface area contributed by atoms with Gasteiger partial charge in [-0.2, -0.15) is 0 Å². The number of pyridine rings is 1. The standard InChI is InChI=1S/C15H18N2O5/c1-5-17-8-13(22-15(19)16-2)9-6-11(20-3)12(21-4)7-10(9)14(17)18/h6-8H,5H2,1-4H3,(H,16,19). The number of carbonyl (C=O) groups excluding carboxylic acids is 1. The van der Waals surface area contributed by atoms with Crippen molar-refractivity contribution in [1.82, 2.24) is 9.88 Å². The van der Waals surface area contributed by atoms with Crippen LogP contribution in [0.3, 0.4) is 0 Å². The van der Waals surface area contributed by atoms with Crippen LogP contribution >= 0.6 is 0 Å². The third-order valence-electron chi connectivity index (χ3n) is 3.30. The Morgan fingerprint density at radius 3 is 2.23 bits per heavy atom. The average molecular weight is 306 g/mol. The number of hydrogen-bond donors (Lipinski definition) is 1. The molecule has 0 atom stereocenters. The highest BCUT2D eigenvalue weighted by Gasteiger charge is 2.16. The van der Waals surface area contributed by atoms with Gasteiger partial charge in [0, 0.05) is 19.0 Å². The molecule has 0 fully saturated rings. The molecule has 1 aromatic heterocycles. The van der Waals surface area contributed by atoms with Crippen molar-refractivity contribution in [2.24, 2.45) is 0 Å². The first-order valence-electron chi connectivity index (χ1n) is 6.74. The van der Waals surface area contributed by atoms with Gasteiger partial charge in [-0.25, -0.2) is 4.79 Å². The Labute approximate surface area is 127 Å². The number of rotatable bonds is 4. The van der Waals surface area contributed by atoms with E-state index in [9.17, 15) is 9.59 Å². The smallest absolute Gasteiger partial charge is 0.412 e. The normalized spacial score (nSPS) is 10.4. The molecule has 1 N–H and O–H groups in total. The molecule has 2 aromatic rings. The van der Waals surface area contributed by atoms with Gasteiger partial charge >= 0.3 is 6.09 Å².